The zero-order chi connectivity index (χ0) is 32.6. The number of fused-ring (bicyclic) bond motifs is 1. The number of hydrogen-bond donors (Lipinski definition) is 3. The smallest absolute Gasteiger partial charge is 0.331 e. The van der Waals surface area contributed by atoms with Crippen LogP contribution < -0.4 is 10.6 Å². The van der Waals surface area contributed by atoms with Gasteiger partial charge in [-0.1, -0.05) is 53.4 Å². The van der Waals surface area contributed by atoms with Gasteiger partial charge in [0.05, 0.1) is 25.6 Å². The maximum atomic E-state index is 12.9. The number of imidazole rings is 1. The average Bonchev–Trinajstić information content (AvgIpc) is 3.46. The van der Waals surface area contributed by atoms with Crippen LogP contribution in [0.15, 0.2) is 12.7 Å². The molecular formula is C31H52N6O8. The maximum Gasteiger partial charge on any atom is 0.331 e. The van der Waals surface area contributed by atoms with Gasteiger partial charge in [-0.3, -0.25) is 9.88 Å². The Balaban J connectivity index is 1.84. The van der Waals surface area contributed by atoms with Crippen LogP contribution in [0.25, 0.3) is 11.2 Å². The lowest BCUT2D eigenvalue weighted by Gasteiger charge is -2.42. The minimum absolute atomic E-state index is 0.121. The first-order valence-corrected chi connectivity index (χ1v) is 16.4. The number of aliphatic hydroxyl groups excluding tert-OH is 1. The second kappa shape index (κ2) is 19.6. The van der Waals surface area contributed by atoms with E-state index in [1.54, 1.807) is 10.9 Å². The van der Waals surface area contributed by atoms with Gasteiger partial charge in [0.1, 0.15) is 24.6 Å². The lowest BCUT2D eigenvalue weighted by molar-refractivity contribution is -0.248. The molecule has 14 heteroatoms. The highest BCUT2D eigenvalue weighted by atomic mass is 16.6. The summed E-state index contributed by atoms with van der Waals surface area (Å²) in [6.07, 6.45) is 7.15. The number of carbonyl (C=O) groups is 2. The minimum atomic E-state index is -1.26. The van der Waals surface area contributed by atoms with E-state index in [4.69, 9.17) is 23.7 Å². The zero-order valence-electron chi connectivity index (χ0n) is 27.4. The minimum Gasteiger partial charge on any atom is -0.464 e. The van der Waals surface area contributed by atoms with Gasteiger partial charge < -0.3 is 34.1 Å². The molecule has 1 aliphatic rings. The number of aromatic nitrogens is 4. The Hall–Kier alpha value is -2.91. The standard InChI is InChI=1S/C31H52N6O8/c1-6-10-14-41-22-18-45-29(26(43-16-12-8-3)25(22)42-15-11-7-2)37-20-34-24-27(32-19-33-28(24)37)36-31(40)35-23(21(5)38)30(39)44-17-13-9-4/h19-23,25-26,29,38H,6-18H2,1-5H3,(H2,32,33,35,36,40)/t21-,22-,23+,25?,26+,29-/m1/s1. The fourth-order valence-corrected chi connectivity index (χ4v) is 4.82. The van der Waals surface area contributed by atoms with Crippen LogP contribution in [-0.4, -0.2) is 100 Å². The first kappa shape index (κ1) is 36.6. The van der Waals surface area contributed by atoms with E-state index in [0.717, 1.165) is 44.9 Å². The number of carbonyl (C=O) groups excluding carboxylic acids is 2. The molecule has 3 heterocycles. The highest BCUT2D eigenvalue weighted by Crippen LogP contribution is 2.33. The van der Waals surface area contributed by atoms with Gasteiger partial charge in [-0.05, 0) is 32.6 Å². The molecule has 0 spiro atoms. The Morgan fingerprint density at radius 2 is 1.56 bits per heavy atom. The molecule has 254 valence electrons. The van der Waals surface area contributed by atoms with E-state index < -0.39 is 36.5 Å². The second-order valence-corrected chi connectivity index (χ2v) is 11.2. The van der Waals surface area contributed by atoms with E-state index in [2.05, 4.69) is 46.4 Å². The molecule has 1 unspecified atom stereocenters. The molecular weight excluding hydrogens is 584 g/mol. The maximum absolute atomic E-state index is 12.9. The van der Waals surface area contributed by atoms with Gasteiger partial charge in [0.2, 0.25) is 0 Å². The van der Waals surface area contributed by atoms with Crippen molar-refractivity contribution in [2.75, 3.05) is 38.4 Å². The summed E-state index contributed by atoms with van der Waals surface area (Å²) in [5.74, 6) is -0.599. The van der Waals surface area contributed by atoms with Crippen LogP contribution in [0.5, 0.6) is 0 Å². The van der Waals surface area contributed by atoms with Crippen molar-refractivity contribution >= 4 is 29.0 Å². The Kier molecular flexibility index (Phi) is 15.9. The first-order chi connectivity index (χ1) is 21.9. The summed E-state index contributed by atoms with van der Waals surface area (Å²) in [7, 11) is 0. The summed E-state index contributed by atoms with van der Waals surface area (Å²) in [5, 5.41) is 15.2. The summed E-state index contributed by atoms with van der Waals surface area (Å²) in [4.78, 5) is 38.5. The molecule has 0 saturated carbocycles. The molecule has 3 N–H and O–H groups in total. The number of unbranched alkanes of at least 4 members (excludes halogenated alkanes) is 4. The molecule has 1 fully saturated rings. The quantitative estimate of drug-likeness (QED) is 0.141. The van der Waals surface area contributed by atoms with Crippen molar-refractivity contribution in [3.8, 4) is 0 Å². The van der Waals surface area contributed by atoms with Crippen LogP contribution in [0, 0.1) is 0 Å². The Labute approximate surface area is 265 Å². The molecule has 3 rings (SSSR count). The van der Waals surface area contributed by atoms with E-state index >= 15 is 0 Å². The number of anilines is 1. The fraction of sp³-hybridized carbons (Fsp3) is 0.774. The number of rotatable bonds is 20. The zero-order valence-corrected chi connectivity index (χ0v) is 27.4. The molecule has 2 aromatic heterocycles. The molecule has 1 aliphatic heterocycles. The van der Waals surface area contributed by atoms with Crippen molar-refractivity contribution in [1.29, 1.82) is 0 Å². The number of nitrogens with zero attached hydrogens (tertiary/aromatic N) is 4. The number of urea groups is 1. The molecule has 0 radical (unpaired) electrons. The number of ether oxygens (including phenoxy) is 5. The van der Waals surface area contributed by atoms with E-state index in [0.29, 0.717) is 44.0 Å². The summed E-state index contributed by atoms with van der Waals surface area (Å²) >= 11 is 0. The van der Waals surface area contributed by atoms with Crippen molar-refractivity contribution in [2.24, 2.45) is 0 Å². The summed E-state index contributed by atoms with van der Waals surface area (Å²) in [5.41, 5.74) is 0.727. The Morgan fingerprint density at radius 3 is 2.20 bits per heavy atom. The van der Waals surface area contributed by atoms with Gasteiger partial charge in [-0.25, -0.2) is 24.5 Å². The summed E-state index contributed by atoms with van der Waals surface area (Å²) in [6, 6.07) is -2.01. The van der Waals surface area contributed by atoms with Crippen LogP contribution in [0.1, 0.15) is 92.2 Å². The second-order valence-electron chi connectivity index (χ2n) is 11.2. The largest absolute Gasteiger partial charge is 0.464 e. The monoisotopic (exact) mass is 636 g/mol. The number of esters is 1. The highest BCUT2D eigenvalue weighted by Gasteiger charge is 2.44. The molecule has 14 nitrogen and oxygen atoms in total. The third-order valence-corrected chi connectivity index (χ3v) is 7.48. The van der Waals surface area contributed by atoms with Crippen LogP contribution in [0.3, 0.4) is 0 Å². The third kappa shape index (κ3) is 10.6. The van der Waals surface area contributed by atoms with Gasteiger partial charge >= 0.3 is 12.0 Å². The van der Waals surface area contributed by atoms with Crippen molar-refractivity contribution in [3.05, 3.63) is 12.7 Å². The van der Waals surface area contributed by atoms with E-state index in [1.807, 2.05) is 6.92 Å². The van der Waals surface area contributed by atoms with Crippen LogP contribution in [0.2, 0.25) is 0 Å². The van der Waals surface area contributed by atoms with E-state index in [9.17, 15) is 14.7 Å². The predicted octanol–water partition coefficient (Wildman–Crippen LogP) is 4.13. The highest BCUT2D eigenvalue weighted by molar-refractivity contribution is 5.97. The fourth-order valence-electron chi connectivity index (χ4n) is 4.82. The number of amides is 2. The third-order valence-electron chi connectivity index (χ3n) is 7.48. The summed E-state index contributed by atoms with van der Waals surface area (Å²) in [6.45, 7) is 11.9. The van der Waals surface area contributed by atoms with Crippen molar-refractivity contribution < 1.29 is 38.4 Å². The predicted molar refractivity (Wildman–Crippen MR) is 168 cm³/mol. The van der Waals surface area contributed by atoms with Crippen LogP contribution in [-0.2, 0) is 28.5 Å². The molecule has 0 aromatic carbocycles. The number of aliphatic hydroxyl groups is 1. The van der Waals surface area contributed by atoms with Gasteiger partial charge in [0.25, 0.3) is 0 Å². The van der Waals surface area contributed by atoms with E-state index in [1.165, 1.54) is 13.3 Å². The molecule has 0 bridgehead atoms. The Bertz CT molecular complexity index is 1160. The molecule has 0 aliphatic carbocycles. The van der Waals surface area contributed by atoms with Crippen LogP contribution >= 0.6 is 0 Å². The topological polar surface area (TPSA) is 168 Å². The molecule has 45 heavy (non-hydrogen) atoms. The van der Waals surface area contributed by atoms with Crippen molar-refractivity contribution in [2.45, 2.75) is 123 Å². The van der Waals surface area contributed by atoms with Gasteiger partial charge in [0.15, 0.2) is 29.3 Å². The van der Waals surface area contributed by atoms with Crippen molar-refractivity contribution in [1.82, 2.24) is 24.8 Å². The normalized spacial score (nSPS) is 21.4. The lowest BCUT2D eigenvalue weighted by Crippen LogP contribution is -2.54. The van der Waals surface area contributed by atoms with Gasteiger partial charge in [0, 0.05) is 19.8 Å². The number of hydrogen-bond acceptors (Lipinski definition) is 11. The molecule has 2 amide bonds. The lowest BCUT2D eigenvalue weighted by atomic mass is 10.0. The van der Waals surface area contributed by atoms with Crippen molar-refractivity contribution in [3.63, 3.8) is 0 Å². The van der Waals surface area contributed by atoms with E-state index in [-0.39, 0.29) is 24.6 Å². The average molecular weight is 637 g/mol. The van der Waals surface area contributed by atoms with Crippen LogP contribution in [0.4, 0.5) is 10.6 Å². The van der Waals surface area contributed by atoms with Gasteiger partial charge in [-0.15, -0.1) is 0 Å². The summed E-state index contributed by atoms with van der Waals surface area (Å²) < 4.78 is 32.4. The first-order valence-electron chi connectivity index (χ1n) is 16.4. The Morgan fingerprint density at radius 1 is 0.933 bits per heavy atom. The molecule has 1 saturated heterocycles. The molecule has 2 aromatic rings. The number of nitrogens with one attached hydrogen (secondary N) is 2. The molecule has 6 atom stereocenters. The van der Waals surface area contributed by atoms with Gasteiger partial charge in [-0.2, -0.15) is 0 Å². The SMILES string of the molecule is CCCCOC(=O)[C@@H](NC(=O)Nc1ncnc2c1ncn2[C@@H]1OC[C@@H](OCCCC)C(OCCCC)[C@@H]1OCCCC)[C@@H](C)O.